The zero-order valence-corrected chi connectivity index (χ0v) is 17.9. The number of benzene rings is 1. The van der Waals surface area contributed by atoms with E-state index in [-0.39, 0.29) is 11.5 Å². The van der Waals surface area contributed by atoms with Crippen molar-refractivity contribution in [1.29, 1.82) is 0 Å². The number of hydrogen-bond acceptors (Lipinski definition) is 7. The maximum absolute atomic E-state index is 12.4. The van der Waals surface area contributed by atoms with Crippen molar-refractivity contribution in [2.45, 2.75) is 5.16 Å². The van der Waals surface area contributed by atoms with E-state index in [2.05, 4.69) is 26.1 Å². The molecule has 0 aliphatic rings. The Hall–Kier alpha value is -1.87. The number of rotatable bonds is 6. The SMILES string of the molecule is O=C(CSc1nnc(-c2cccs2)c(-c2cccs2)n1)c1ccc(Br)cc1. The van der Waals surface area contributed by atoms with Crippen LogP contribution in [0.2, 0.25) is 0 Å². The molecular formula is C19H12BrN3OS3. The van der Waals surface area contributed by atoms with Crippen molar-refractivity contribution in [3.8, 4) is 21.1 Å². The van der Waals surface area contributed by atoms with Gasteiger partial charge in [0.2, 0.25) is 5.16 Å². The third-order valence-corrected chi connectivity index (χ3v) is 6.79. The van der Waals surface area contributed by atoms with E-state index < -0.39 is 0 Å². The van der Waals surface area contributed by atoms with Gasteiger partial charge in [0.05, 0.1) is 15.5 Å². The molecule has 1 aromatic carbocycles. The lowest BCUT2D eigenvalue weighted by Crippen LogP contribution is -2.04. The van der Waals surface area contributed by atoms with Gasteiger partial charge in [-0.25, -0.2) is 4.98 Å². The van der Waals surface area contributed by atoms with Crippen molar-refractivity contribution in [2.24, 2.45) is 0 Å². The topological polar surface area (TPSA) is 55.7 Å². The van der Waals surface area contributed by atoms with Crippen molar-refractivity contribution in [3.05, 3.63) is 69.3 Å². The van der Waals surface area contributed by atoms with Gasteiger partial charge in [0.15, 0.2) is 5.78 Å². The van der Waals surface area contributed by atoms with E-state index in [0.717, 1.165) is 25.6 Å². The predicted octanol–water partition coefficient (Wildman–Crippen LogP) is 6.07. The summed E-state index contributed by atoms with van der Waals surface area (Å²) in [7, 11) is 0. The Morgan fingerprint density at radius 2 is 1.59 bits per heavy atom. The van der Waals surface area contributed by atoms with Crippen LogP contribution in [0.25, 0.3) is 21.1 Å². The molecule has 4 nitrogen and oxygen atoms in total. The Kier molecular flexibility index (Phi) is 5.77. The van der Waals surface area contributed by atoms with Crippen molar-refractivity contribution < 1.29 is 4.79 Å². The van der Waals surface area contributed by atoms with Crippen LogP contribution in [0, 0.1) is 0 Å². The first-order valence-electron chi connectivity index (χ1n) is 7.95. The molecule has 0 saturated heterocycles. The molecule has 4 rings (SSSR count). The minimum Gasteiger partial charge on any atom is -0.293 e. The van der Waals surface area contributed by atoms with Crippen molar-refractivity contribution in [1.82, 2.24) is 15.2 Å². The second-order valence-electron chi connectivity index (χ2n) is 5.46. The van der Waals surface area contributed by atoms with E-state index in [1.165, 1.54) is 11.8 Å². The summed E-state index contributed by atoms with van der Waals surface area (Å²) in [6, 6.07) is 15.3. The summed E-state index contributed by atoms with van der Waals surface area (Å²) in [5.74, 6) is 0.307. The van der Waals surface area contributed by atoms with Gasteiger partial charge in [-0.15, -0.1) is 32.9 Å². The second-order valence-corrected chi connectivity index (χ2v) is 9.22. The average Bonchev–Trinajstić information content (AvgIpc) is 3.40. The Morgan fingerprint density at radius 3 is 2.22 bits per heavy atom. The van der Waals surface area contributed by atoms with E-state index >= 15 is 0 Å². The van der Waals surface area contributed by atoms with Crippen LogP contribution in [0.5, 0.6) is 0 Å². The van der Waals surface area contributed by atoms with E-state index in [1.807, 2.05) is 59.3 Å². The van der Waals surface area contributed by atoms with Gasteiger partial charge in [-0.1, -0.05) is 52.0 Å². The Morgan fingerprint density at radius 1 is 0.926 bits per heavy atom. The summed E-state index contributed by atoms with van der Waals surface area (Å²) in [4.78, 5) is 19.2. The van der Waals surface area contributed by atoms with Crippen molar-refractivity contribution >= 4 is 56.1 Å². The monoisotopic (exact) mass is 473 g/mol. The minimum absolute atomic E-state index is 0.0381. The Balaban J connectivity index is 1.58. The van der Waals surface area contributed by atoms with E-state index in [0.29, 0.717) is 10.7 Å². The molecule has 0 radical (unpaired) electrons. The molecule has 134 valence electrons. The number of Topliss-reactive ketones (excluding diaryl/α,β-unsaturated/α-hetero) is 1. The number of nitrogens with zero attached hydrogens (tertiary/aromatic N) is 3. The zero-order valence-electron chi connectivity index (χ0n) is 13.8. The smallest absolute Gasteiger partial charge is 0.210 e. The number of halogens is 1. The number of thiophene rings is 2. The average molecular weight is 474 g/mol. The van der Waals surface area contributed by atoms with Gasteiger partial charge in [0.1, 0.15) is 11.4 Å². The van der Waals surface area contributed by atoms with Gasteiger partial charge in [0.25, 0.3) is 0 Å². The summed E-state index contributed by atoms with van der Waals surface area (Å²) in [5.41, 5.74) is 2.25. The first-order valence-corrected chi connectivity index (χ1v) is 11.5. The molecule has 3 aromatic heterocycles. The Bertz CT molecular complexity index is 1050. The van der Waals surface area contributed by atoms with Crippen LogP contribution in [-0.4, -0.2) is 26.7 Å². The summed E-state index contributed by atoms with van der Waals surface area (Å²) >= 11 is 7.90. The fourth-order valence-electron chi connectivity index (χ4n) is 2.39. The standard InChI is InChI=1S/C19H12BrN3OS3/c20-13-7-5-12(6-8-13)14(24)11-27-19-21-17(15-3-1-9-25-15)18(22-23-19)16-4-2-10-26-16/h1-10H,11H2. The maximum atomic E-state index is 12.4. The van der Waals surface area contributed by atoms with E-state index in [1.54, 1.807) is 22.7 Å². The normalized spacial score (nSPS) is 10.9. The van der Waals surface area contributed by atoms with Crippen LogP contribution in [0.1, 0.15) is 10.4 Å². The first-order chi connectivity index (χ1) is 13.2. The molecule has 0 aliphatic heterocycles. The largest absolute Gasteiger partial charge is 0.293 e. The minimum atomic E-state index is 0.0381. The molecule has 4 aromatic rings. The highest BCUT2D eigenvalue weighted by atomic mass is 79.9. The molecule has 0 spiro atoms. The summed E-state index contributed by atoms with van der Waals surface area (Å²) < 4.78 is 0.948. The van der Waals surface area contributed by atoms with Crippen LogP contribution in [0.15, 0.2) is 68.9 Å². The number of hydrogen-bond donors (Lipinski definition) is 0. The van der Waals surface area contributed by atoms with Gasteiger partial charge >= 0.3 is 0 Å². The highest BCUT2D eigenvalue weighted by Gasteiger charge is 2.16. The van der Waals surface area contributed by atoms with Gasteiger partial charge in [-0.3, -0.25) is 4.79 Å². The van der Waals surface area contributed by atoms with E-state index in [9.17, 15) is 4.79 Å². The first kappa shape index (κ1) is 18.5. The predicted molar refractivity (Wildman–Crippen MR) is 116 cm³/mol. The quantitative estimate of drug-likeness (QED) is 0.251. The third kappa shape index (κ3) is 4.35. The number of aromatic nitrogens is 3. The summed E-state index contributed by atoms with van der Waals surface area (Å²) in [6.07, 6.45) is 0. The molecule has 0 bridgehead atoms. The molecule has 0 unspecified atom stereocenters. The molecular weight excluding hydrogens is 462 g/mol. The van der Waals surface area contributed by atoms with Gasteiger partial charge in [0, 0.05) is 10.0 Å². The fraction of sp³-hybridized carbons (Fsp3) is 0.0526. The third-order valence-electron chi connectivity index (χ3n) is 3.67. The molecule has 0 aliphatic carbocycles. The lowest BCUT2D eigenvalue weighted by atomic mass is 10.2. The van der Waals surface area contributed by atoms with Crippen LogP contribution in [0.3, 0.4) is 0 Å². The number of carbonyl (C=O) groups excluding carboxylic acids is 1. The number of thioether (sulfide) groups is 1. The van der Waals surface area contributed by atoms with Gasteiger partial charge < -0.3 is 0 Å². The number of carbonyl (C=O) groups is 1. The lowest BCUT2D eigenvalue weighted by Gasteiger charge is -2.06. The van der Waals surface area contributed by atoms with Crippen molar-refractivity contribution in [3.63, 3.8) is 0 Å². The van der Waals surface area contributed by atoms with Crippen LogP contribution in [-0.2, 0) is 0 Å². The van der Waals surface area contributed by atoms with Gasteiger partial charge in [-0.05, 0) is 35.0 Å². The van der Waals surface area contributed by atoms with Gasteiger partial charge in [-0.2, -0.15) is 0 Å². The second kappa shape index (κ2) is 8.43. The molecule has 3 heterocycles. The van der Waals surface area contributed by atoms with Crippen LogP contribution >= 0.6 is 50.4 Å². The van der Waals surface area contributed by atoms with Crippen molar-refractivity contribution in [2.75, 3.05) is 5.75 Å². The highest BCUT2D eigenvalue weighted by molar-refractivity contribution is 9.10. The zero-order chi connectivity index (χ0) is 18.6. The summed E-state index contributed by atoms with van der Waals surface area (Å²) in [5, 5.41) is 13.2. The lowest BCUT2D eigenvalue weighted by molar-refractivity contribution is 0.102. The van der Waals surface area contributed by atoms with E-state index in [4.69, 9.17) is 4.98 Å². The number of ketones is 1. The highest BCUT2D eigenvalue weighted by Crippen LogP contribution is 2.34. The fourth-order valence-corrected chi connectivity index (χ4v) is 4.76. The Labute approximate surface area is 176 Å². The maximum Gasteiger partial charge on any atom is 0.210 e. The molecule has 27 heavy (non-hydrogen) atoms. The molecule has 0 saturated carbocycles. The molecule has 0 fully saturated rings. The van der Waals surface area contributed by atoms with Crippen LogP contribution in [0.4, 0.5) is 0 Å². The molecule has 8 heteroatoms. The molecule has 0 amide bonds. The van der Waals surface area contributed by atoms with Crippen LogP contribution < -0.4 is 0 Å². The summed E-state index contributed by atoms with van der Waals surface area (Å²) in [6.45, 7) is 0. The molecule has 0 atom stereocenters. The molecule has 0 N–H and O–H groups in total.